The molecular formula is C11H8BrFN2O. The summed E-state index contributed by atoms with van der Waals surface area (Å²) >= 11 is 3.16. The van der Waals surface area contributed by atoms with Gasteiger partial charge in [-0.3, -0.25) is 4.79 Å². The number of rotatable bonds is 2. The predicted molar refractivity (Wildman–Crippen MR) is 60.7 cm³/mol. The minimum atomic E-state index is -0.307. The maximum atomic E-state index is 12.6. The van der Waals surface area contributed by atoms with Crippen molar-refractivity contribution < 1.29 is 9.18 Å². The van der Waals surface area contributed by atoms with Crippen LogP contribution in [0.15, 0.2) is 41.1 Å². The van der Waals surface area contributed by atoms with E-state index in [0.717, 1.165) is 5.56 Å². The molecule has 3 nitrogen and oxygen atoms in total. The molecule has 0 saturated heterocycles. The average molecular weight is 283 g/mol. The molecule has 0 atom stereocenters. The molecule has 0 bridgehead atoms. The van der Waals surface area contributed by atoms with E-state index in [0.29, 0.717) is 4.60 Å². The summed E-state index contributed by atoms with van der Waals surface area (Å²) in [4.78, 5) is 11.7. The van der Waals surface area contributed by atoms with Crippen LogP contribution in [0.1, 0.15) is 10.4 Å². The number of carbonyl (C=O) groups is 1. The van der Waals surface area contributed by atoms with E-state index in [-0.39, 0.29) is 18.1 Å². The maximum Gasteiger partial charge on any atom is 0.251 e. The summed E-state index contributed by atoms with van der Waals surface area (Å²) in [5, 5.41) is 3.93. The van der Waals surface area contributed by atoms with Crippen molar-refractivity contribution in [2.75, 3.05) is 0 Å². The number of hydrogen-bond donors (Lipinski definition) is 0. The van der Waals surface area contributed by atoms with Crippen molar-refractivity contribution in [2.24, 2.45) is 0 Å². The molecule has 0 fully saturated rings. The van der Waals surface area contributed by atoms with Gasteiger partial charge in [-0.2, -0.15) is 5.10 Å². The van der Waals surface area contributed by atoms with Crippen molar-refractivity contribution in [2.45, 2.75) is 6.42 Å². The molecule has 0 spiro atoms. The van der Waals surface area contributed by atoms with Crippen molar-refractivity contribution in [3.05, 3.63) is 52.5 Å². The van der Waals surface area contributed by atoms with Crippen LogP contribution in [-0.2, 0) is 6.42 Å². The summed E-state index contributed by atoms with van der Waals surface area (Å²) in [6.45, 7) is 0. The number of benzene rings is 1. The van der Waals surface area contributed by atoms with Gasteiger partial charge in [0.05, 0.1) is 6.42 Å². The fourth-order valence-electron chi connectivity index (χ4n) is 1.30. The molecule has 0 amide bonds. The second-order valence-electron chi connectivity index (χ2n) is 3.28. The lowest BCUT2D eigenvalue weighted by Gasteiger charge is -2.00. The van der Waals surface area contributed by atoms with Crippen molar-refractivity contribution in [3.63, 3.8) is 0 Å². The third-order valence-corrected chi connectivity index (χ3v) is 2.50. The summed E-state index contributed by atoms with van der Waals surface area (Å²) < 4.78 is 14.5. The summed E-state index contributed by atoms with van der Waals surface area (Å²) in [5.41, 5.74) is 0.762. The standard InChI is InChI=1S/C11H8BrFN2O/c12-10-5-6-15(14-10)11(16)7-8-1-3-9(13)4-2-8/h1-6H,7H2. The van der Waals surface area contributed by atoms with E-state index in [1.165, 1.54) is 16.8 Å². The first kappa shape index (κ1) is 11.0. The Morgan fingerprint density at radius 3 is 2.56 bits per heavy atom. The number of nitrogens with zero attached hydrogens (tertiary/aromatic N) is 2. The number of hydrogen-bond acceptors (Lipinski definition) is 2. The molecule has 0 radical (unpaired) electrons. The smallest absolute Gasteiger partial charge is 0.251 e. The molecule has 2 rings (SSSR count). The topological polar surface area (TPSA) is 34.9 Å². The van der Waals surface area contributed by atoms with E-state index in [1.807, 2.05) is 0 Å². The maximum absolute atomic E-state index is 12.6. The highest BCUT2D eigenvalue weighted by Gasteiger charge is 2.07. The summed E-state index contributed by atoms with van der Waals surface area (Å²) in [6, 6.07) is 7.53. The Morgan fingerprint density at radius 2 is 2.00 bits per heavy atom. The minimum Gasteiger partial charge on any atom is -0.272 e. The summed E-state index contributed by atoms with van der Waals surface area (Å²) in [5.74, 6) is -0.463. The third-order valence-electron chi connectivity index (χ3n) is 2.08. The van der Waals surface area contributed by atoms with E-state index in [9.17, 15) is 9.18 Å². The fourth-order valence-corrected chi connectivity index (χ4v) is 1.59. The van der Waals surface area contributed by atoms with Crippen LogP contribution in [0.3, 0.4) is 0 Å². The molecule has 5 heteroatoms. The molecule has 82 valence electrons. The first-order valence-electron chi connectivity index (χ1n) is 4.64. The minimum absolute atomic E-state index is 0.155. The van der Waals surface area contributed by atoms with Gasteiger partial charge in [0, 0.05) is 6.20 Å². The quantitative estimate of drug-likeness (QED) is 0.849. The fraction of sp³-hybridized carbons (Fsp3) is 0.0909. The van der Waals surface area contributed by atoms with Gasteiger partial charge in [0.1, 0.15) is 10.4 Å². The van der Waals surface area contributed by atoms with Crippen LogP contribution in [0, 0.1) is 5.82 Å². The first-order valence-corrected chi connectivity index (χ1v) is 5.43. The molecular weight excluding hydrogens is 275 g/mol. The molecule has 0 aliphatic rings. The van der Waals surface area contributed by atoms with Gasteiger partial charge in [-0.15, -0.1) is 0 Å². The highest BCUT2D eigenvalue weighted by molar-refractivity contribution is 9.10. The summed E-state index contributed by atoms with van der Waals surface area (Å²) in [7, 11) is 0. The average Bonchev–Trinajstić information content (AvgIpc) is 2.68. The molecule has 0 N–H and O–H groups in total. The van der Waals surface area contributed by atoms with Crippen LogP contribution in [0.4, 0.5) is 4.39 Å². The molecule has 1 aromatic carbocycles. The second kappa shape index (κ2) is 4.57. The Bertz CT molecular complexity index is 507. The van der Waals surface area contributed by atoms with Gasteiger partial charge in [-0.05, 0) is 39.7 Å². The lowest BCUT2D eigenvalue weighted by atomic mass is 10.1. The van der Waals surface area contributed by atoms with E-state index < -0.39 is 0 Å². The van der Waals surface area contributed by atoms with Crippen LogP contribution < -0.4 is 0 Å². The van der Waals surface area contributed by atoms with Gasteiger partial charge < -0.3 is 0 Å². The Morgan fingerprint density at radius 1 is 1.31 bits per heavy atom. The van der Waals surface area contributed by atoms with E-state index >= 15 is 0 Å². The van der Waals surface area contributed by atoms with Crippen LogP contribution in [0.5, 0.6) is 0 Å². The monoisotopic (exact) mass is 282 g/mol. The Balaban J connectivity index is 2.10. The largest absolute Gasteiger partial charge is 0.272 e. The third kappa shape index (κ3) is 2.55. The van der Waals surface area contributed by atoms with Gasteiger partial charge in [0.25, 0.3) is 5.91 Å². The molecule has 16 heavy (non-hydrogen) atoms. The van der Waals surface area contributed by atoms with Crippen LogP contribution >= 0.6 is 15.9 Å². The normalized spacial score (nSPS) is 10.4. The number of carbonyl (C=O) groups excluding carboxylic acids is 1. The zero-order valence-electron chi connectivity index (χ0n) is 8.23. The van der Waals surface area contributed by atoms with Crippen LogP contribution in [0.2, 0.25) is 0 Å². The van der Waals surface area contributed by atoms with Crippen molar-refractivity contribution in [3.8, 4) is 0 Å². The highest BCUT2D eigenvalue weighted by Crippen LogP contribution is 2.07. The highest BCUT2D eigenvalue weighted by atomic mass is 79.9. The lowest BCUT2D eigenvalue weighted by Crippen LogP contribution is -2.13. The van der Waals surface area contributed by atoms with Crippen molar-refractivity contribution in [1.29, 1.82) is 0 Å². The molecule has 1 aromatic heterocycles. The van der Waals surface area contributed by atoms with Gasteiger partial charge in [0.15, 0.2) is 0 Å². The summed E-state index contributed by atoms with van der Waals surface area (Å²) in [6.07, 6.45) is 1.78. The second-order valence-corrected chi connectivity index (χ2v) is 4.09. The van der Waals surface area contributed by atoms with Crippen LogP contribution in [0.25, 0.3) is 0 Å². The molecule has 0 unspecified atom stereocenters. The van der Waals surface area contributed by atoms with Crippen molar-refractivity contribution >= 4 is 21.8 Å². The van der Waals surface area contributed by atoms with Gasteiger partial charge in [-0.1, -0.05) is 12.1 Å². The van der Waals surface area contributed by atoms with E-state index in [1.54, 1.807) is 24.4 Å². The zero-order valence-corrected chi connectivity index (χ0v) is 9.82. The first-order chi connectivity index (χ1) is 7.65. The zero-order chi connectivity index (χ0) is 11.5. The number of aromatic nitrogens is 2. The Hall–Kier alpha value is -1.49. The Kier molecular flexibility index (Phi) is 3.14. The van der Waals surface area contributed by atoms with E-state index in [4.69, 9.17) is 0 Å². The molecule has 0 aliphatic heterocycles. The van der Waals surface area contributed by atoms with Gasteiger partial charge in [0.2, 0.25) is 0 Å². The Labute approximate surface area is 100 Å². The van der Waals surface area contributed by atoms with E-state index in [2.05, 4.69) is 21.0 Å². The SMILES string of the molecule is O=C(Cc1ccc(F)cc1)n1ccc(Br)n1. The lowest BCUT2D eigenvalue weighted by molar-refractivity contribution is 0.0898. The molecule has 1 heterocycles. The molecule has 2 aromatic rings. The molecule has 0 aliphatic carbocycles. The van der Waals surface area contributed by atoms with Crippen LogP contribution in [-0.4, -0.2) is 15.7 Å². The van der Waals surface area contributed by atoms with Gasteiger partial charge >= 0.3 is 0 Å². The van der Waals surface area contributed by atoms with Crippen molar-refractivity contribution in [1.82, 2.24) is 9.78 Å². The number of halogens is 2. The predicted octanol–water partition coefficient (Wildman–Crippen LogP) is 2.67. The van der Waals surface area contributed by atoms with Gasteiger partial charge in [-0.25, -0.2) is 9.07 Å². The molecule has 0 saturated carbocycles.